The number of nitrogens with zero attached hydrogens (tertiary/aromatic N) is 2. The van der Waals surface area contributed by atoms with Gasteiger partial charge in [0.2, 0.25) is 0 Å². The molecule has 0 bridgehead atoms. The number of benzene rings is 2. The summed E-state index contributed by atoms with van der Waals surface area (Å²) in [6, 6.07) is 18.4. The molecule has 1 N–H and O–H groups in total. The van der Waals surface area contributed by atoms with Crippen molar-refractivity contribution >= 4 is 11.8 Å². The minimum Gasteiger partial charge on any atom is -0.497 e. The van der Waals surface area contributed by atoms with Gasteiger partial charge in [0, 0.05) is 24.7 Å². The van der Waals surface area contributed by atoms with Crippen LogP contribution >= 0.6 is 0 Å². The largest absolute Gasteiger partial charge is 0.497 e. The lowest BCUT2D eigenvalue weighted by molar-refractivity contribution is 0.0705. The summed E-state index contributed by atoms with van der Waals surface area (Å²) in [4.78, 5) is 27.1. The van der Waals surface area contributed by atoms with Crippen LogP contribution in [0.4, 0.5) is 0 Å². The SMILES string of the molecule is COc1ccc(CCNC(=O)c2cc(CN(CC(C)C)C(=O)c3ccccc3)on2)cc1. The Balaban J connectivity index is 1.57. The predicted molar refractivity (Wildman–Crippen MR) is 122 cm³/mol. The Kier molecular flexibility index (Phi) is 8.02. The zero-order valence-corrected chi connectivity index (χ0v) is 18.7. The zero-order chi connectivity index (χ0) is 22.9. The Morgan fingerprint density at radius 3 is 2.47 bits per heavy atom. The fourth-order valence-corrected chi connectivity index (χ4v) is 3.31. The third-order valence-electron chi connectivity index (χ3n) is 4.89. The van der Waals surface area contributed by atoms with Crippen LogP contribution in [0.5, 0.6) is 5.75 Å². The summed E-state index contributed by atoms with van der Waals surface area (Å²) in [5.74, 6) is 1.16. The van der Waals surface area contributed by atoms with E-state index in [2.05, 4.69) is 10.5 Å². The highest BCUT2D eigenvalue weighted by Gasteiger charge is 2.20. The molecule has 0 unspecified atom stereocenters. The number of carbonyl (C=O) groups is 2. The number of hydrogen-bond acceptors (Lipinski definition) is 5. The van der Waals surface area contributed by atoms with Crippen LogP contribution in [0.1, 0.15) is 46.0 Å². The lowest BCUT2D eigenvalue weighted by Crippen LogP contribution is -2.33. The Morgan fingerprint density at radius 2 is 1.81 bits per heavy atom. The highest BCUT2D eigenvalue weighted by atomic mass is 16.5. The van der Waals surface area contributed by atoms with Gasteiger partial charge < -0.3 is 19.5 Å². The number of carbonyl (C=O) groups excluding carboxylic acids is 2. The predicted octanol–water partition coefficient (Wildman–Crippen LogP) is 3.95. The first-order chi connectivity index (χ1) is 15.5. The van der Waals surface area contributed by atoms with Crippen molar-refractivity contribution in [2.24, 2.45) is 5.92 Å². The monoisotopic (exact) mass is 435 g/mol. The molecule has 32 heavy (non-hydrogen) atoms. The van der Waals surface area contributed by atoms with E-state index in [-0.39, 0.29) is 30.0 Å². The number of hydrogen-bond donors (Lipinski definition) is 1. The molecule has 168 valence electrons. The summed E-state index contributed by atoms with van der Waals surface area (Å²) in [5, 5.41) is 6.74. The molecule has 0 aliphatic heterocycles. The molecular weight excluding hydrogens is 406 g/mol. The van der Waals surface area contributed by atoms with Gasteiger partial charge in [0.15, 0.2) is 11.5 Å². The van der Waals surface area contributed by atoms with E-state index in [1.165, 1.54) is 0 Å². The quantitative estimate of drug-likeness (QED) is 0.521. The van der Waals surface area contributed by atoms with Gasteiger partial charge in [-0.25, -0.2) is 0 Å². The number of ether oxygens (including phenoxy) is 1. The summed E-state index contributed by atoms with van der Waals surface area (Å²) in [5.41, 5.74) is 1.91. The van der Waals surface area contributed by atoms with Crippen molar-refractivity contribution in [2.75, 3.05) is 20.2 Å². The molecule has 7 nitrogen and oxygen atoms in total. The summed E-state index contributed by atoms with van der Waals surface area (Å²) < 4.78 is 10.5. The maximum absolute atomic E-state index is 12.9. The van der Waals surface area contributed by atoms with Gasteiger partial charge in [0.1, 0.15) is 5.75 Å². The molecule has 2 amide bonds. The topological polar surface area (TPSA) is 84.7 Å². The minimum atomic E-state index is -0.307. The van der Waals surface area contributed by atoms with Crippen LogP contribution in [0.25, 0.3) is 0 Å². The van der Waals surface area contributed by atoms with E-state index < -0.39 is 0 Å². The fraction of sp³-hybridized carbons (Fsp3) is 0.320. The van der Waals surface area contributed by atoms with Crippen LogP contribution < -0.4 is 10.1 Å². The molecule has 7 heteroatoms. The third-order valence-corrected chi connectivity index (χ3v) is 4.89. The molecule has 0 aliphatic carbocycles. The lowest BCUT2D eigenvalue weighted by Gasteiger charge is -2.23. The van der Waals surface area contributed by atoms with Crippen LogP contribution in [0.2, 0.25) is 0 Å². The summed E-state index contributed by atoms with van der Waals surface area (Å²) in [6.45, 7) is 5.38. The van der Waals surface area contributed by atoms with Crippen molar-refractivity contribution in [3.63, 3.8) is 0 Å². The van der Waals surface area contributed by atoms with E-state index in [0.29, 0.717) is 30.8 Å². The highest BCUT2D eigenvalue weighted by Crippen LogP contribution is 2.14. The van der Waals surface area contributed by atoms with Gasteiger partial charge in [-0.3, -0.25) is 9.59 Å². The minimum absolute atomic E-state index is 0.0822. The first-order valence-electron chi connectivity index (χ1n) is 10.7. The maximum atomic E-state index is 12.9. The Hall–Kier alpha value is -3.61. The van der Waals surface area contributed by atoms with Crippen LogP contribution in [0.3, 0.4) is 0 Å². The number of nitrogens with one attached hydrogen (secondary N) is 1. The molecule has 0 saturated heterocycles. The van der Waals surface area contributed by atoms with Crippen molar-refractivity contribution in [1.82, 2.24) is 15.4 Å². The second kappa shape index (κ2) is 11.1. The second-order valence-electron chi connectivity index (χ2n) is 7.98. The third kappa shape index (κ3) is 6.44. The van der Waals surface area contributed by atoms with Crippen LogP contribution in [-0.2, 0) is 13.0 Å². The van der Waals surface area contributed by atoms with E-state index in [9.17, 15) is 9.59 Å². The molecular formula is C25H29N3O4. The number of methoxy groups -OCH3 is 1. The van der Waals surface area contributed by atoms with Crippen molar-refractivity contribution in [1.29, 1.82) is 0 Å². The van der Waals surface area contributed by atoms with E-state index in [1.54, 1.807) is 30.2 Å². The summed E-state index contributed by atoms with van der Waals surface area (Å²) >= 11 is 0. The van der Waals surface area contributed by atoms with Crippen molar-refractivity contribution in [3.8, 4) is 5.75 Å². The normalized spacial score (nSPS) is 10.8. The molecule has 1 heterocycles. The van der Waals surface area contributed by atoms with Crippen molar-refractivity contribution < 1.29 is 18.8 Å². The van der Waals surface area contributed by atoms with Crippen LogP contribution in [0, 0.1) is 5.92 Å². The molecule has 1 aromatic heterocycles. The van der Waals surface area contributed by atoms with E-state index >= 15 is 0 Å². The fourth-order valence-electron chi connectivity index (χ4n) is 3.31. The van der Waals surface area contributed by atoms with E-state index in [0.717, 1.165) is 11.3 Å². The molecule has 0 saturated carbocycles. The van der Waals surface area contributed by atoms with Gasteiger partial charge >= 0.3 is 0 Å². The average molecular weight is 436 g/mol. The Morgan fingerprint density at radius 1 is 1.09 bits per heavy atom. The van der Waals surface area contributed by atoms with Gasteiger partial charge in [-0.1, -0.05) is 49.3 Å². The van der Waals surface area contributed by atoms with Gasteiger partial charge in [0.25, 0.3) is 11.8 Å². The molecule has 0 spiro atoms. The second-order valence-corrected chi connectivity index (χ2v) is 7.98. The van der Waals surface area contributed by atoms with Gasteiger partial charge in [0.05, 0.1) is 13.7 Å². The first kappa shape index (κ1) is 23.1. The smallest absolute Gasteiger partial charge is 0.273 e. The average Bonchev–Trinajstić information content (AvgIpc) is 3.27. The molecule has 0 atom stereocenters. The van der Waals surface area contributed by atoms with Crippen LogP contribution in [0.15, 0.2) is 65.2 Å². The highest BCUT2D eigenvalue weighted by molar-refractivity contribution is 5.94. The standard InChI is InChI=1S/C25H29N3O4/c1-18(2)16-28(25(30)20-7-5-4-6-8-20)17-22-15-23(27-32-22)24(29)26-14-13-19-9-11-21(31-3)12-10-19/h4-12,15,18H,13-14,16-17H2,1-3H3,(H,26,29). The van der Waals surface area contributed by atoms with Gasteiger partial charge in [-0.2, -0.15) is 0 Å². The molecule has 0 fully saturated rings. The maximum Gasteiger partial charge on any atom is 0.273 e. The van der Waals surface area contributed by atoms with Gasteiger partial charge in [-0.15, -0.1) is 0 Å². The van der Waals surface area contributed by atoms with E-state index in [4.69, 9.17) is 9.26 Å². The Bertz CT molecular complexity index is 1010. The molecule has 0 radical (unpaired) electrons. The zero-order valence-electron chi connectivity index (χ0n) is 18.7. The Labute approximate surface area is 188 Å². The lowest BCUT2D eigenvalue weighted by atomic mass is 10.1. The molecule has 0 aliphatic rings. The summed E-state index contributed by atoms with van der Waals surface area (Å²) in [7, 11) is 1.63. The summed E-state index contributed by atoms with van der Waals surface area (Å²) in [6.07, 6.45) is 0.689. The number of rotatable bonds is 10. The van der Waals surface area contributed by atoms with Crippen molar-refractivity contribution in [3.05, 3.63) is 83.2 Å². The number of amides is 2. The van der Waals surface area contributed by atoms with Gasteiger partial charge in [-0.05, 0) is 42.2 Å². The molecule has 2 aromatic carbocycles. The number of aromatic nitrogens is 1. The molecule has 3 aromatic rings. The van der Waals surface area contributed by atoms with Crippen LogP contribution in [-0.4, -0.2) is 42.1 Å². The van der Waals surface area contributed by atoms with Crippen molar-refractivity contribution in [2.45, 2.75) is 26.8 Å². The van der Waals surface area contributed by atoms with E-state index in [1.807, 2.05) is 56.3 Å². The first-order valence-corrected chi connectivity index (χ1v) is 10.7. The molecule has 3 rings (SSSR count).